The van der Waals surface area contributed by atoms with Crippen LogP contribution in [-0.4, -0.2) is 17.9 Å². The molecule has 0 fully saturated rings. The molecule has 17 heavy (non-hydrogen) atoms. The zero-order valence-corrected chi connectivity index (χ0v) is 11.9. The van der Waals surface area contributed by atoms with Gasteiger partial charge in [0.2, 0.25) is 0 Å². The number of benzene rings is 1. The Hall–Kier alpha value is -0.740. The molecule has 0 unspecified atom stereocenters. The van der Waals surface area contributed by atoms with Crippen molar-refractivity contribution in [2.75, 3.05) is 6.54 Å². The average molecular weight is 302 g/mol. The van der Waals surface area contributed by atoms with Gasteiger partial charge in [-0.05, 0) is 54.0 Å². The average Bonchev–Trinajstić information content (AvgIpc) is 2.23. The first-order valence-electron chi connectivity index (χ1n) is 5.59. The van der Waals surface area contributed by atoms with Gasteiger partial charge in [-0.3, -0.25) is 4.79 Å². The fourth-order valence-electron chi connectivity index (χ4n) is 1.60. The van der Waals surface area contributed by atoms with Gasteiger partial charge in [0, 0.05) is 6.42 Å². The van der Waals surface area contributed by atoms with Gasteiger partial charge in [-0.1, -0.05) is 13.0 Å². The van der Waals surface area contributed by atoms with Gasteiger partial charge in [0.05, 0.1) is 10.0 Å². The first-order valence-corrected chi connectivity index (χ1v) is 6.38. The van der Waals surface area contributed by atoms with Crippen molar-refractivity contribution >= 4 is 21.7 Å². The molecule has 0 atom stereocenters. The molecule has 0 saturated heterocycles. The first-order chi connectivity index (χ1) is 7.86. The van der Waals surface area contributed by atoms with Crippen LogP contribution in [0.4, 0.5) is 4.39 Å². The van der Waals surface area contributed by atoms with Crippen LogP contribution in [0.25, 0.3) is 0 Å². The van der Waals surface area contributed by atoms with E-state index in [1.54, 1.807) is 12.1 Å². The fraction of sp³-hybridized carbons (Fsp3) is 0.462. The number of likely N-dealkylation sites (N-methyl/N-ethyl adjacent to an activating group) is 1. The van der Waals surface area contributed by atoms with E-state index in [4.69, 9.17) is 0 Å². The maximum atomic E-state index is 13.0. The molecule has 0 heterocycles. The molecule has 94 valence electrons. The third-order valence-corrected chi connectivity index (χ3v) is 3.27. The van der Waals surface area contributed by atoms with Gasteiger partial charge in [0.1, 0.15) is 5.82 Å². The van der Waals surface area contributed by atoms with Crippen LogP contribution in [-0.2, 0) is 11.2 Å². The third kappa shape index (κ3) is 3.89. The van der Waals surface area contributed by atoms with Crippen molar-refractivity contribution in [2.45, 2.75) is 32.7 Å². The number of ketones is 1. The lowest BCUT2D eigenvalue weighted by Crippen LogP contribution is -2.47. The van der Waals surface area contributed by atoms with E-state index in [1.807, 2.05) is 20.8 Å². The fourth-order valence-corrected chi connectivity index (χ4v) is 2.02. The van der Waals surface area contributed by atoms with Crippen molar-refractivity contribution in [1.29, 1.82) is 0 Å². The van der Waals surface area contributed by atoms with Crippen molar-refractivity contribution in [2.24, 2.45) is 0 Å². The highest BCUT2D eigenvalue weighted by Gasteiger charge is 2.25. The van der Waals surface area contributed by atoms with Gasteiger partial charge in [0.25, 0.3) is 0 Å². The lowest BCUT2D eigenvalue weighted by atomic mass is 9.93. The molecule has 0 amide bonds. The van der Waals surface area contributed by atoms with Crippen molar-refractivity contribution in [3.63, 3.8) is 0 Å². The molecule has 1 aromatic rings. The van der Waals surface area contributed by atoms with Crippen molar-refractivity contribution in [1.82, 2.24) is 5.32 Å². The molecule has 1 N–H and O–H groups in total. The largest absolute Gasteiger partial charge is 0.306 e. The Balaban J connectivity index is 2.77. The van der Waals surface area contributed by atoms with Gasteiger partial charge in [-0.15, -0.1) is 0 Å². The van der Waals surface area contributed by atoms with Crippen LogP contribution in [0, 0.1) is 5.82 Å². The molecule has 0 bridgehead atoms. The Morgan fingerprint density at radius 2 is 2.12 bits per heavy atom. The number of Topliss-reactive ketones (excluding diaryl/α,β-unsaturated/α-hetero) is 1. The second-order valence-electron chi connectivity index (χ2n) is 4.50. The summed E-state index contributed by atoms with van der Waals surface area (Å²) in [5.41, 5.74) is 0.268. The Morgan fingerprint density at radius 1 is 1.47 bits per heavy atom. The highest BCUT2D eigenvalue weighted by Crippen LogP contribution is 2.18. The summed E-state index contributed by atoms with van der Waals surface area (Å²) in [6, 6.07) is 4.65. The van der Waals surface area contributed by atoms with Gasteiger partial charge >= 0.3 is 0 Å². The van der Waals surface area contributed by atoms with E-state index in [0.29, 0.717) is 10.9 Å². The zero-order chi connectivity index (χ0) is 13.1. The summed E-state index contributed by atoms with van der Waals surface area (Å²) >= 11 is 3.12. The lowest BCUT2D eigenvalue weighted by Gasteiger charge is -2.24. The molecule has 2 nitrogen and oxygen atoms in total. The third-order valence-electron chi connectivity index (χ3n) is 2.66. The number of hydrogen-bond acceptors (Lipinski definition) is 2. The van der Waals surface area contributed by atoms with Crippen LogP contribution in [0.3, 0.4) is 0 Å². The topological polar surface area (TPSA) is 29.1 Å². The quantitative estimate of drug-likeness (QED) is 0.905. The molecular weight excluding hydrogens is 285 g/mol. The highest BCUT2D eigenvalue weighted by atomic mass is 79.9. The van der Waals surface area contributed by atoms with E-state index in [-0.39, 0.29) is 11.6 Å². The molecule has 0 aliphatic rings. The highest BCUT2D eigenvalue weighted by molar-refractivity contribution is 9.10. The Kier molecular flexibility index (Phi) is 4.83. The molecule has 0 saturated carbocycles. The monoisotopic (exact) mass is 301 g/mol. The Morgan fingerprint density at radius 3 is 2.65 bits per heavy atom. The molecule has 0 aromatic heterocycles. The molecular formula is C13H17BrFNO. The van der Waals surface area contributed by atoms with Crippen LogP contribution in [0.1, 0.15) is 26.3 Å². The maximum absolute atomic E-state index is 13.0. The minimum Gasteiger partial charge on any atom is -0.306 e. The number of hydrogen-bond donors (Lipinski definition) is 1. The van der Waals surface area contributed by atoms with Crippen LogP contribution < -0.4 is 5.32 Å². The predicted molar refractivity (Wildman–Crippen MR) is 70.6 cm³/mol. The van der Waals surface area contributed by atoms with Crippen LogP contribution in [0.15, 0.2) is 22.7 Å². The van der Waals surface area contributed by atoms with E-state index >= 15 is 0 Å². The normalized spacial score (nSPS) is 11.6. The SMILES string of the molecule is CCNC(C)(C)C(=O)Cc1ccc(F)c(Br)c1. The van der Waals surface area contributed by atoms with Crippen LogP contribution in [0.2, 0.25) is 0 Å². The second kappa shape index (κ2) is 5.74. The van der Waals surface area contributed by atoms with E-state index in [1.165, 1.54) is 6.07 Å². The standard InChI is InChI=1S/C13H17BrFNO/c1-4-16-13(2,3)12(17)8-9-5-6-11(15)10(14)7-9/h5-7,16H,4,8H2,1-3H3. The van der Waals surface area contributed by atoms with Crippen molar-refractivity contribution < 1.29 is 9.18 Å². The summed E-state index contributed by atoms with van der Waals surface area (Å²) in [4.78, 5) is 12.0. The molecule has 1 rings (SSSR count). The lowest BCUT2D eigenvalue weighted by molar-refractivity contribution is -0.123. The summed E-state index contributed by atoms with van der Waals surface area (Å²) in [5.74, 6) is -0.218. The zero-order valence-electron chi connectivity index (χ0n) is 10.3. The molecule has 1 aromatic carbocycles. The van der Waals surface area contributed by atoms with E-state index < -0.39 is 5.54 Å². The summed E-state index contributed by atoms with van der Waals surface area (Å²) in [6.45, 7) is 6.42. The van der Waals surface area contributed by atoms with Gasteiger partial charge < -0.3 is 5.32 Å². The number of rotatable bonds is 5. The number of carbonyl (C=O) groups is 1. The van der Waals surface area contributed by atoms with Crippen LogP contribution >= 0.6 is 15.9 Å². The number of carbonyl (C=O) groups excluding carboxylic acids is 1. The smallest absolute Gasteiger partial charge is 0.156 e. The maximum Gasteiger partial charge on any atom is 0.156 e. The number of halogens is 2. The Bertz CT molecular complexity index is 418. The Labute approximate surface area is 110 Å². The van der Waals surface area contributed by atoms with Crippen LogP contribution in [0.5, 0.6) is 0 Å². The summed E-state index contributed by atoms with van der Waals surface area (Å²) in [7, 11) is 0. The van der Waals surface area contributed by atoms with Gasteiger partial charge in [-0.25, -0.2) is 4.39 Å². The summed E-state index contributed by atoms with van der Waals surface area (Å²) in [6.07, 6.45) is 0.304. The van der Waals surface area contributed by atoms with Crippen molar-refractivity contribution in [3.8, 4) is 0 Å². The molecule has 0 spiro atoms. The minimum absolute atomic E-state index is 0.0952. The summed E-state index contributed by atoms with van der Waals surface area (Å²) < 4.78 is 13.4. The van der Waals surface area contributed by atoms with Gasteiger partial charge in [-0.2, -0.15) is 0 Å². The van der Waals surface area contributed by atoms with Gasteiger partial charge in [0.15, 0.2) is 5.78 Å². The molecule has 0 aliphatic carbocycles. The van der Waals surface area contributed by atoms with Crippen molar-refractivity contribution in [3.05, 3.63) is 34.1 Å². The van der Waals surface area contributed by atoms with E-state index in [0.717, 1.165) is 12.1 Å². The van der Waals surface area contributed by atoms with E-state index in [2.05, 4.69) is 21.2 Å². The molecule has 0 aliphatic heterocycles. The minimum atomic E-state index is -0.546. The summed E-state index contributed by atoms with van der Waals surface area (Å²) in [5, 5.41) is 3.13. The molecule has 0 radical (unpaired) electrons. The predicted octanol–water partition coefficient (Wildman–Crippen LogP) is 3.09. The van der Waals surface area contributed by atoms with E-state index in [9.17, 15) is 9.18 Å². The molecule has 4 heteroatoms. The first kappa shape index (κ1) is 14.3. The number of nitrogens with one attached hydrogen (secondary N) is 1. The second-order valence-corrected chi connectivity index (χ2v) is 5.36.